The van der Waals surface area contributed by atoms with Crippen molar-refractivity contribution >= 4 is 5.78 Å². The molecule has 38 heavy (non-hydrogen) atoms. The highest BCUT2D eigenvalue weighted by Gasteiger charge is 2.42. The van der Waals surface area contributed by atoms with Gasteiger partial charge in [-0.3, -0.25) is 4.79 Å². The SMILES string of the molecule is CO[C@H]1O[C@H](COC(c2ccccc2)(c2ccccc2)c2ccccc2)CC(=O)[C@H]1OCc1ccccc1. The Morgan fingerprint density at radius 3 is 1.68 bits per heavy atom. The molecule has 3 atom stereocenters. The predicted octanol–water partition coefficient (Wildman–Crippen LogP) is 5.91. The van der Waals surface area contributed by atoms with Crippen LogP contribution < -0.4 is 0 Å². The molecule has 1 saturated heterocycles. The summed E-state index contributed by atoms with van der Waals surface area (Å²) < 4.78 is 24.6. The molecular weight excluding hydrogens is 476 g/mol. The van der Waals surface area contributed by atoms with Crippen LogP contribution in [0.5, 0.6) is 0 Å². The van der Waals surface area contributed by atoms with Gasteiger partial charge in [0.1, 0.15) is 5.60 Å². The fourth-order valence-corrected chi connectivity index (χ4v) is 5.00. The van der Waals surface area contributed by atoms with Crippen molar-refractivity contribution in [3.05, 3.63) is 144 Å². The van der Waals surface area contributed by atoms with Gasteiger partial charge in [0.05, 0.1) is 19.3 Å². The van der Waals surface area contributed by atoms with Gasteiger partial charge in [0.25, 0.3) is 0 Å². The van der Waals surface area contributed by atoms with Crippen molar-refractivity contribution in [2.75, 3.05) is 13.7 Å². The molecule has 0 amide bonds. The number of ether oxygens (including phenoxy) is 4. The van der Waals surface area contributed by atoms with Crippen LogP contribution in [0.2, 0.25) is 0 Å². The fraction of sp³-hybridized carbons (Fsp3) is 0.242. The van der Waals surface area contributed by atoms with Crippen LogP contribution in [0.25, 0.3) is 0 Å². The lowest BCUT2D eigenvalue weighted by Crippen LogP contribution is -2.50. The number of Topliss-reactive ketones (excluding diaryl/α,β-unsaturated/α-hetero) is 1. The van der Waals surface area contributed by atoms with Crippen molar-refractivity contribution in [3.63, 3.8) is 0 Å². The first-order chi connectivity index (χ1) is 18.7. The molecule has 5 rings (SSSR count). The predicted molar refractivity (Wildman–Crippen MR) is 145 cm³/mol. The van der Waals surface area contributed by atoms with Gasteiger partial charge < -0.3 is 18.9 Å². The third kappa shape index (κ3) is 5.62. The Kier molecular flexibility index (Phi) is 8.41. The van der Waals surface area contributed by atoms with E-state index in [-0.39, 0.29) is 18.8 Å². The Labute approximate surface area is 223 Å². The summed E-state index contributed by atoms with van der Waals surface area (Å²) in [6.45, 7) is 0.496. The standard InChI is InChI=1S/C33H32O5/c1-35-32-31(36-23-25-14-6-2-7-15-25)30(34)22-29(38-32)24-37-33(26-16-8-3-9-17-26,27-18-10-4-11-19-27)28-20-12-5-13-21-28/h2-21,29,31-32H,22-24H2,1H3/t29-,31+,32-/m0/s1. The van der Waals surface area contributed by atoms with Crippen LogP contribution in [-0.2, 0) is 35.9 Å². The van der Waals surface area contributed by atoms with Crippen molar-refractivity contribution in [1.29, 1.82) is 0 Å². The number of rotatable bonds is 10. The van der Waals surface area contributed by atoms with Crippen LogP contribution >= 0.6 is 0 Å². The van der Waals surface area contributed by atoms with Crippen molar-refractivity contribution in [3.8, 4) is 0 Å². The van der Waals surface area contributed by atoms with Gasteiger partial charge in [-0.2, -0.15) is 0 Å². The second kappa shape index (κ2) is 12.3. The maximum Gasteiger partial charge on any atom is 0.191 e. The number of carbonyl (C=O) groups excluding carboxylic acids is 1. The normalized spacial score (nSPS) is 19.8. The van der Waals surface area contributed by atoms with E-state index in [0.717, 1.165) is 22.3 Å². The van der Waals surface area contributed by atoms with Gasteiger partial charge in [0.2, 0.25) is 0 Å². The first kappa shape index (κ1) is 26.0. The summed E-state index contributed by atoms with van der Waals surface area (Å²) in [5, 5.41) is 0. The largest absolute Gasteiger partial charge is 0.360 e. The minimum atomic E-state index is -0.889. The number of hydrogen-bond acceptors (Lipinski definition) is 5. The molecule has 0 N–H and O–H groups in total. The van der Waals surface area contributed by atoms with Crippen LogP contribution in [0, 0.1) is 0 Å². The lowest BCUT2D eigenvalue weighted by molar-refractivity contribution is -0.243. The maximum atomic E-state index is 13.2. The maximum absolute atomic E-state index is 13.2. The highest BCUT2D eigenvalue weighted by Crippen LogP contribution is 2.41. The molecule has 0 unspecified atom stereocenters. The Balaban J connectivity index is 1.39. The second-order valence-corrected chi connectivity index (χ2v) is 9.34. The van der Waals surface area contributed by atoms with Gasteiger partial charge in [-0.05, 0) is 22.3 Å². The lowest BCUT2D eigenvalue weighted by atomic mass is 9.80. The summed E-state index contributed by atoms with van der Waals surface area (Å²) in [6.07, 6.45) is -1.92. The third-order valence-corrected chi connectivity index (χ3v) is 6.85. The molecule has 0 radical (unpaired) electrons. The number of methoxy groups -OCH3 is 1. The molecule has 0 spiro atoms. The first-order valence-corrected chi connectivity index (χ1v) is 12.9. The molecule has 1 heterocycles. The van der Waals surface area contributed by atoms with Crippen molar-refractivity contribution in [1.82, 2.24) is 0 Å². The van der Waals surface area contributed by atoms with Gasteiger partial charge in [0, 0.05) is 13.5 Å². The van der Waals surface area contributed by atoms with E-state index in [0.29, 0.717) is 6.61 Å². The van der Waals surface area contributed by atoms with Gasteiger partial charge in [-0.25, -0.2) is 0 Å². The smallest absolute Gasteiger partial charge is 0.191 e. The van der Waals surface area contributed by atoms with Crippen LogP contribution in [-0.4, -0.2) is 38.0 Å². The zero-order valence-corrected chi connectivity index (χ0v) is 21.4. The molecule has 0 bridgehead atoms. The molecule has 1 fully saturated rings. The molecule has 5 heteroatoms. The lowest BCUT2D eigenvalue weighted by Gasteiger charge is -2.39. The topological polar surface area (TPSA) is 54.0 Å². The minimum Gasteiger partial charge on any atom is -0.360 e. The second-order valence-electron chi connectivity index (χ2n) is 9.34. The Morgan fingerprint density at radius 2 is 1.21 bits per heavy atom. The van der Waals surface area contributed by atoms with E-state index < -0.39 is 24.1 Å². The number of hydrogen-bond donors (Lipinski definition) is 0. The monoisotopic (exact) mass is 508 g/mol. The Morgan fingerprint density at radius 1 is 0.737 bits per heavy atom. The molecule has 194 valence electrons. The fourth-order valence-electron chi connectivity index (χ4n) is 5.00. The average Bonchev–Trinajstić information content (AvgIpc) is 2.99. The Bertz CT molecular complexity index is 1180. The number of benzene rings is 4. The molecule has 1 aliphatic rings. The zero-order valence-electron chi connectivity index (χ0n) is 21.4. The Hall–Kier alpha value is -3.61. The van der Waals surface area contributed by atoms with Crippen LogP contribution in [0.3, 0.4) is 0 Å². The quantitative estimate of drug-likeness (QED) is 0.249. The van der Waals surface area contributed by atoms with Gasteiger partial charge >= 0.3 is 0 Å². The van der Waals surface area contributed by atoms with Crippen molar-refractivity contribution < 1.29 is 23.7 Å². The summed E-state index contributed by atoms with van der Waals surface area (Å²) in [4.78, 5) is 13.2. The van der Waals surface area contributed by atoms with E-state index in [4.69, 9.17) is 18.9 Å². The first-order valence-electron chi connectivity index (χ1n) is 12.9. The number of ketones is 1. The molecule has 0 saturated carbocycles. The summed E-state index contributed by atoms with van der Waals surface area (Å²) in [6, 6.07) is 40.2. The number of carbonyl (C=O) groups is 1. The van der Waals surface area contributed by atoms with E-state index in [1.165, 1.54) is 7.11 Å². The summed E-state index contributed by atoms with van der Waals surface area (Å²) >= 11 is 0. The van der Waals surface area contributed by atoms with Crippen molar-refractivity contribution in [2.45, 2.75) is 37.1 Å². The van der Waals surface area contributed by atoms with E-state index in [9.17, 15) is 4.79 Å². The van der Waals surface area contributed by atoms with E-state index in [1.54, 1.807) is 0 Å². The van der Waals surface area contributed by atoms with E-state index >= 15 is 0 Å². The highest BCUT2D eigenvalue weighted by atomic mass is 16.7. The zero-order chi connectivity index (χ0) is 26.2. The van der Waals surface area contributed by atoms with Crippen LogP contribution in [0.1, 0.15) is 28.7 Å². The van der Waals surface area contributed by atoms with Crippen LogP contribution in [0.15, 0.2) is 121 Å². The minimum absolute atomic E-state index is 0.0580. The average molecular weight is 509 g/mol. The summed E-state index contributed by atoms with van der Waals surface area (Å²) in [5.74, 6) is -0.0580. The van der Waals surface area contributed by atoms with E-state index in [1.807, 2.05) is 84.9 Å². The summed E-state index contributed by atoms with van der Waals surface area (Å²) in [7, 11) is 1.53. The molecule has 0 aromatic heterocycles. The molecule has 4 aromatic rings. The van der Waals surface area contributed by atoms with Gasteiger partial charge in [-0.1, -0.05) is 121 Å². The highest BCUT2D eigenvalue weighted by molar-refractivity contribution is 5.84. The molecule has 1 aliphatic heterocycles. The van der Waals surface area contributed by atoms with Crippen LogP contribution in [0.4, 0.5) is 0 Å². The van der Waals surface area contributed by atoms with Gasteiger partial charge in [-0.15, -0.1) is 0 Å². The van der Waals surface area contributed by atoms with Gasteiger partial charge in [0.15, 0.2) is 18.2 Å². The van der Waals surface area contributed by atoms with Crippen molar-refractivity contribution in [2.24, 2.45) is 0 Å². The molecular formula is C33H32O5. The third-order valence-electron chi connectivity index (χ3n) is 6.85. The molecule has 0 aliphatic carbocycles. The molecule has 5 nitrogen and oxygen atoms in total. The molecule has 4 aromatic carbocycles. The summed E-state index contributed by atoms with van der Waals surface area (Å²) in [5.41, 5.74) is 3.07. The van der Waals surface area contributed by atoms with E-state index in [2.05, 4.69) is 36.4 Å².